The van der Waals surface area contributed by atoms with Crippen molar-refractivity contribution < 1.29 is 14.6 Å². The third kappa shape index (κ3) is 4.47. The fraction of sp³-hybridized carbons (Fsp3) is 0.385. The highest BCUT2D eigenvalue weighted by Gasteiger charge is 2.01. The first-order valence-electron chi connectivity index (χ1n) is 5.26. The summed E-state index contributed by atoms with van der Waals surface area (Å²) in [5.74, 6) is 0.829. The minimum Gasteiger partial charge on any atom is -0.497 e. The van der Waals surface area contributed by atoms with E-state index in [4.69, 9.17) is 9.47 Å². The molecule has 3 nitrogen and oxygen atoms in total. The Kier molecular flexibility index (Phi) is 5.61. The summed E-state index contributed by atoms with van der Waals surface area (Å²) in [6.07, 6.45) is 1.78. The Morgan fingerprint density at radius 1 is 1.38 bits per heavy atom. The lowest BCUT2D eigenvalue weighted by Crippen LogP contribution is -2.13. The Bertz CT molecular complexity index is 305. The number of ether oxygens (including phenoxy) is 2. The van der Waals surface area contributed by atoms with E-state index in [1.165, 1.54) is 0 Å². The van der Waals surface area contributed by atoms with Crippen LogP contribution in [0.4, 0.5) is 0 Å². The van der Waals surface area contributed by atoms with E-state index in [2.05, 4.69) is 6.58 Å². The zero-order valence-corrected chi connectivity index (χ0v) is 9.56. The lowest BCUT2D eigenvalue weighted by atomic mass is 10.2. The molecule has 16 heavy (non-hydrogen) atoms. The molecule has 0 bridgehead atoms. The number of aliphatic hydroxyl groups is 1. The number of hydrogen-bond acceptors (Lipinski definition) is 3. The van der Waals surface area contributed by atoms with Crippen LogP contribution in [0.3, 0.4) is 0 Å². The van der Waals surface area contributed by atoms with Crippen molar-refractivity contribution in [3.63, 3.8) is 0 Å². The van der Waals surface area contributed by atoms with E-state index in [-0.39, 0.29) is 0 Å². The summed E-state index contributed by atoms with van der Waals surface area (Å²) in [4.78, 5) is 0. The average Bonchev–Trinajstić information content (AvgIpc) is 2.30. The molecule has 1 rings (SSSR count). The molecule has 0 aliphatic carbocycles. The van der Waals surface area contributed by atoms with Crippen molar-refractivity contribution in [2.75, 3.05) is 13.7 Å². The first-order chi connectivity index (χ1) is 7.76. The van der Waals surface area contributed by atoms with E-state index < -0.39 is 6.10 Å². The highest BCUT2D eigenvalue weighted by molar-refractivity contribution is 5.26. The minimum absolute atomic E-state index is 0.331. The molecule has 0 unspecified atom stereocenters. The number of benzene rings is 1. The van der Waals surface area contributed by atoms with Crippen LogP contribution in [0.1, 0.15) is 12.0 Å². The Labute approximate surface area is 96.3 Å². The lowest BCUT2D eigenvalue weighted by molar-refractivity contribution is 0.0301. The van der Waals surface area contributed by atoms with Crippen molar-refractivity contribution in [2.45, 2.75) is 19.1 Å². The van der Waals surface area contributed by atoms with Gasteiger partial charge in [-0.2, -0.15) is 0 Å². The molecule has 0 amide bonds. The fourth-order valence-electron chi connectivity index (χ4n) is 1.30. The molecule has 1 aromatic rings. The fourth-order valence-corrected chi connectivity index (χ4v) is 1.30. The maximum Gasteiger partial charge on any atom is 0.118 e. The second kappa shape index (κ2) is 7.04. The Balaban J connectivity index is 2.28. The van der Waals surface area contributed by atoms with Gasteiger partial charge in [0.1, 0.15) is 5.75 Å². The van der Waals surface area contributed by atoms with Crippen LogP contribution in [0.15, 0.2) is 36.9 Å². The molecule has 1 aromatic carbocycles. The third-order valence-electron chi connectivity index (χ3n) is 2.18. The van der Waals surface area contributed by atoms with Gasteiger partial charge in [0.15, 0.2) is 0 Å². The van der Waals surface area contributed by atoms with E-state index in [1.807, 2.05) is 24.3 Å². The van der Waals surface area contributed by atoms with Crippen LogP contribution in [0, 0.1) is 0 Å². The Morgan fingerprint density at radius 3 is 2.62 bits per heavy atom. The lowest BCUT2D eigenvalue weighted by Gasteiger charge is -2.09. The molecule has 1 N–H and O–H groups in total. The summed E-state index contributed by atoms with van der Waals surface area (Å²) < 4.78 is 10.4. The summed E-state index contributed by atoms with van der Waals surface area (Å²) in [7, 11) is 1.64. The highest BCUT2D eigenvalue weighted by atomic mass is 16.5. The molecule has 3 heteroatoms. The van der Waals surface area contributed by atoms with Crippen molar-refractivity contribution in [3.05, 3.63) is 42.5 Å². The first kappa shape index (κ1) is 12.7. The normalized spacial score (nSPS) is 12.1. The molecule has 88 valence electrons. The van der Waals surface area contributed by atoms with E-state index in [1.54, 1.807) is 13.2 Å². The molecule has 0 saturated carbocycles. The SMILES string of the molecule is C=CC[C@H](O)COCc1ccc(OC)cc1. The van der Waals surface area contributed by atoms with Gasteiger partial charge in [-0.15, -0.1) is 6.58 Å². The maximum absolute atomic E-state index is 9.39. The summed E-state index contributed by atoms with van der Waals surface area (Å²) in [6.45, 7) is 4.39. The van der Waals surface area contributed by atoms with Gasteiger partial charge in [0.25, 0.3) is 0 Å². The maximum atomic E-state index is 9.39. The van der Waals surface area contributed by atoms with E-state index >= 15 is 0 Å². The topological polar surface area (TPSA) is 38.7 Å². The average molecular weight is 222 g/mol. The van der Waals surface area contributed by atoms with Gasteiger partial charge in [-0.1, -0.05) is 18.2 Å². The predicted octanol–water partition coefficient (Wildman–Crippen LogP) is 2.15. The van der Waals surface area contributed by atoms with E-state index in [9.17, 15) is 5.11 Å². The molecule has 0 fully saturated rings. The van der Waals surface area contributed by atoms with Crippen LogP contribution in [0.2, 0.25) is 0 Å². The van der Waals surface area contributed by atoms with Crippen molar-refractivity contribution in [2.24, 2.45) is 0 Å². The van der Waals surface area contributed by atoms with Crippen LogP contribution in [0.25, 0.3) is 0 Å². The minimum atomic E-state index is -0.462. The summed E-state index contributed by atoms with van der Waals surface area (Å²) in [5, 5.41) is 9.39. The van der Waals surface area contributed by atoms with Gasteiger partial charge in [-0.05, 0) is 24.1 Å². The zero-order valence-electron chi connectivity index (χ0n) is 9.56. The first-order valence-corrected chi connectivity index (χ1v) is 5.26. The second-order valence-electron chi connectivity index (χ2n) is 3.54. The molecule has 0 radical (unpaired) electrons. The smallest absolute Gasteiger partial charge is 0.118 e. The monoisotopic (exact) mass is 222 g/mol. The molecule has 0 aliphatic rings. The van der Waals surface area contributed by atoms with Crippen LogP contribution in [0.5, 0.6) is 5.75 Å². The number of rotatable bonds is 7. The van der Waals surface area contributed by atoms with Gasteiger partial charge in [-0.3, -0.25) is 0 Å². The summed E-state index contributed by atoms with van der Waals surface area (Å²) >= 11 is 0. The predicted molar refractivity (Wildman–Crippen MR) is 63.5 cm³/mol. The van der Waals surface area contributed by atoms with E-state index in [0.29, 0.717) is 19.6 Å². The van der Waals surface area contributed by atoms with Gasteiger partial charge in [0, 0.05) is 0 Å². The van der Waals surface area contributed by atoms with Crippen molar-refractivity contribution >= 4 is 0 Å². The van der Waals surface area contributed by atoms with Crippen molar-refractivity contribution in [1.82, 2.24) is 0 Å². The molecule has 0 saturated heterocycles. The number of methoxy groups -OCH3 is 1. The number of hydrogen-bond donors (Lipinski definition) is 1. The molecule has 0 heterocycles. The molecule has 1 atom stereocenters. The molecule has 0 aromatic heterocycles. The number of aliphatic hydroxyl groups excluding tert-OH is 1. The molecule has 0 spiro atoms. The van der Waals surface area contributed by atoms with Gasteiger partial charge < -0.3 is 14.6 Å². The van der Waals surface area contributed by atoms with Crippen molar-refractivity contribution in [3.8, 4) is 5.75 Å². The highest BCUT2D eigenvalue weighted by Crippen LogP contribution is 2.12. The van der Waals surface area contributed by atoms with Crippen molar-refractivity contribution in [1.29, 1.82) is 0 Å². The van der Waals surface area contributed by atoms with Crippen LogP contribution < -0.4 is 4.74 Å². The van der Waals surface area contributed by atoms with Crippen LogP contribution in [-0.4, -0.2) is 24.9 Å². The van der Waals surface area contributed by atoms with Gasteiger partial charge in [-0.25, -0.2) is 0 Å². The Hall–Kier alpha value is -1.32. The quantitative estimate of drug-likeness (QED) is 0.718. The second-order valence-corrected chi connectivity index (χ2v) is 3.54. The third-order valence-corrected chi connectivity index (χ3v) is 2.18. The van der Waals surface area contributed by atoms with Gasteiger partial charge >= 0.3 is 0 Å². The van der Waals surface area contributed by atoms with Crippen LogP contribution in [-0.2, 0) is 11.3 Å². The van der Waals surface area contributed by atoms with E-state index in [0.717, 1.165) is 11.3 Å². The summed E-state index contributed by atoms with van der Waals surface area (Å²) in [6, 6.07) is 7.66. The Morgan fingerprint density at radius 2 is 2.06 bits per heavy atom. The van der Waals surface area contributed by atoms with Crippen LogP contribution >= 0.6 is 0 Å². The summed E-state index contributed by atoms with van der Waals surface area (Å²) in [5.41, 5.74) is 1.06. The largest absolute Gasteiger partial charge is 0.497 e. The standard InChI is InChI=1S/C13H18O3/c1-3-4-12(14)10-16-9-11-5-7-13(15-2)8-6-11/h3,5-8,12,14H,1,4,9-10H2,2H3/t12-/m0/s1. The zero-order chi connectivity index (χ0) is 11.8. The van der Waals surface area contributed by atoms with Gasteiger partial charge in [0.2, 0.25) is 0 Å². The molecule has 0 aliphatic heterocycles. The molecular formula is C13H18O3. The van der Waals surface area contributed by atoms with Gasteiger partial charge in [0.05, 0.1) is 26.4 Å². The molecular weight excluding hydrogens is 204 g/mol.